The van der Waals surface area contributed by atoms with E-state index in [4.69, 9.17) is 14.2 Å². The summed E-state index contributed by atoms with van der Waals surface area (Å²) >= 11 is 0. The van der Waals surface area contributed by atoms with Crippen LogP contribution >= 0.6 is 0 Å². The van der Waals surface area contributed by atoms with Crippen LogP contribution in [0.5, 0.6) is 11.5 Å². The maximum absolute atomic E-state index is 12.5. The Morgan fingerprint density at radius 2 is 1.28 bits per heavy atom. The van der Waals surface area contributed by atoms with Gasteiger partial charge in [-0.2, -0.15) is 10.2 Å². The van der Waals surface area contributed by atoms with E-state index < -0.39 is 11.9 Å². The van der Waals surface area contributed by atoms with Gasteiger partial charge in [-0.05, 0) is 104 Å². The molecule has 0 bridgehead atoms. The molecule has 4 rings (SSSR count). The third-order valence-electron chi connectivity index (χ3n) is 6.83. The van der Waals surface area contributed by atoms with Gasteiger partial charge in [0, 0.05) is 6.08 Å². The second kappa shape index (κ2) is 18.2. The van der Waals surface area contributed by atoms with Gasteiger partial charge in [0.2, 0.25) is 0 Å². The average Bonchev–Trinajstić information content (AvgIpc) is 3.12. The van der Waals surface area contributed by atoms with Crippen LogP contribution in [-0.4, -0.2) is 38.2 Å². The van der Waals surface area contributed by atoms with Crippen molar-refractivity contribution in [3.05, 3.63) is 132 Å². The van der Waals surface area contributed by atoms with Crippen molar-refractivity contribution in [3.8, 4) is 11.5 Å². The largest absolute Gasteiger partial charge is 0.494 e. The van der Waals surface area contributed by atoms with Gasteiger partial charge < -0.3 is 18.9 Å². The Labute approximate surface area is 274 Å². The summed E-state index contributed by atoms with van der Waals surface area (Å²) in [6, 6.07) is 30.0. The van der Waals surface area contributed by atoms with Gasteiger partial charge >= 0.3 is 17.9 Å². The number of ether oxygens (including phenoxy) is 4. The number of nitrogens with zero attached hydrogens (tertiary/aromatic N) is 2. The molecule has 0 atom stereocenters. The lowest BCUT2D eigenvalue weighted by Crippen LogP contribution is -2.08. The van der Waals surface area contributed by atoms with Gasteiger partial charge in [-0.1, -0.05) is 49.0 Å². The fourth-order valence-corrected chi connectivity index (χ4v) is 4.19. The van der Waals surface area contributed by atoms with Crippen molar-refractivity contribution in [2.24, 2.45) is 10.2 Å². The topological polar surface area (TPSA) is 113 Å². The summed E-state index contributed by atoms with van der Waals surface area (Å²) < 4.78 is 21.1. The Bertz CT molecular complexity index is 1680. The Kier molecular flexibility index (Phi) is 13.2. The highest BCUT2D eigenvalue weighted by atomic mass is 16.5. The Morgan fingerprint density at radius 1 is 0.681 bits per heavy atom. The Morgan fingerprint density at radius 3 is 1.91 bits per heavy atom. The van der Waals surface area contributed by atoms with E-state index in [1.165, 1.54) is 13.2 Å². The predicted molar refractivity (Wildman–Crippen MR) is 180 cm³/mol. The van der Waals surface area contributed by atoms with E-state index in [-0.39, 0.29) is 5.97 Å². The number of carbonyl (C=O) groups excluding carboxylic acids is 3. The molecule has 0 saturated heterocycles. The zero-order valence-corrected chi connectivity index (χ0v) is 26.2. The third kappa shape index (κ3) is 11.6. The van der Waals surface area contributed by atoms with Crippen LogP contribution in [0, 0.1) is 0 Å². The third-order valence-corrected chi connectivity index (χ3v) is 6.83. The molecule has 0 N–H and O–H groups in total. The zero-order valence-electron chi connectivity index (χ0n) is 26.2. The molecular weight excluding hydrogens is 596 g/mol. The molecule has 0 aliphatic heterocycles. The van der Waals surface area contributed by atoms with E-state index >= 15 is 0 Å². The number of esters is 3. The van der Waals surface area contributed by atoms with Crippen molar-refractivity contribution in [2.45, 2.75) is 25.7 Å². The quantitative estimate of drug-likeness (QED) is 0.0399. The van der Waals surface area contributed by atoms with Crippen LogP contribution in [0.25, 0.3) is 11.6 Å². The zero-order chi connectivity index (χ0) is 33.3. The van der Waals surface area contributed by atoms with Gasteiger partial charge in [0.05, 0.1) is 42.8 Å². The van der Waals surface area contributed by atoms with Crippen molar-refractivity contribution < 1.29 is 33.3 Å². The predicted octanol–water partition coefficient (Wildman–Crippen LogP) is 8.70. The second-order valence-corrected chi connectivity index (χ2v) is 10.3. The van der Waals surface area contributed by atoms with Crippen molar-refractivity contribution in [3.63, 3.8) is 0 Å². The molecule has 0 fully saturated rings. The highest BCUT2D eigenvalue weighted by molar-refractivity contribution is 6.15. The number of methoxy groups -OCH3 is 1. The summed E-state index contributed by atoms with van der Waals surface area (Å²) in [6.45, 7) is 4.78. The summed E-state index contributed by atoms with van der Waals surface area (Å²) in [7, 11) is 1.31. The van der Waals surface area contributed by atoms with E-state index in [9.17, 15) is 14.4 Å². The van der Waals surface area contributed by atoms with Crippen molar-refractivity contribution in [1.29, 1.82) is 0 Å². The lowest BCUT2D eigenvalue weighted by Gasteiger charge is -2.08. The van der Waals surface area contributed by atoms with Crippen molar-refractivity contribution in [2.75, 3.05) is 20.3 Å². The summed E-state index contributed by atoms with van der Waals surface area (Å²) in [4.78, 5) is 35.9. The normalized spacial score (nSPS) is 10.9. The molecule has 0 aromatic heterocycles. The molecule has 4 aromatic carbocycles. The molecule has 0 radical (unpaired) electrons. The van der Waals surface area contributed by atoms with Crippen molar-refractivity contribution in [1.82, 2.24) is 0 Å². The van der Waals surface area contributed by atoms with E-state index in [1.54, 1.807) is 54.6 Å². The number of hydrogen-bond acceptors (Lipinski definition) is 9. The first-order chi connectivity index (χ1) is 22.9. The first kappa shape index (κ1) is 34.1. The van der Waals surface area contributed by atoms with Crippen LogP contribution < -0.4 is 9.47 Å². The summed E-state index contributed by atoms with van der Waals surface area (Å²) in [5.41, 5.74) is 3.52. The van der Waals surface area contributed by atoms with Crippen LogP contribution in [0.4, 0.5) is 11.4 Å². The number of azo groups is 1. The second-order valence-electron chi connectivity index (χ2n) is 10.3. The van der Waals surface area contributed by atoms with Gasteiger partial charge in [0.25, 0.3) is 0 Å². The lowest BCUT2D eigenvalue weighted by atomic mass is 10.1. The first-order valence-corrected chi connectivity index (χ1v) is 15.2. The van der Waals surface area contributed by atoms with E-state index in [1.807, 2.05) is 54.6 Å². The molecule has 0 saturated carbocycles. The van der Waals surface area contributed by atoms with Gasteiger partial charge in [0.15, 0.2) is 0 Å². The number of hydrogen-bond donors (Lipinski definition) is 0. The summed E-state index contributed by atoms with van der Waals surface area (Å²) in [5, 5.41) is 8.50. The molecule has 0 aliphatic carbocycles. The Balaban J connectivity index is 1.11. The number of rotatable bonds is 16. The molecule has 0 unspecified atom stereocenters. The van der Waals surface area contributed by atoms with E-state index in [2.05, 4.69) is 21.5 Å². The fraction of sp³-hybridized carbons (Fsp3) is 0.184. The van der Waals surface area contributed by atoms with E-state index in [0.29, 0.717) is 41.5 Å². The average molecular weight is 633 g/mol. The van der Waals surface area contributed by atoms with Crippen LogP contribution in [0.2, 0.25) is 0 Å². The molecule has 0 heterocycles. The first-order valence-electron chi connectivity index (χ1n) is 15.2. The van der Waals surface area contributed by atoms with Crippen LogP contribution in [0.1, 0.15) is 47.2 Å². The highest BCUT2D eigenvalue weighted by Crippen LogP contribution is 2.23. The maximum atomic E-state index is 12.5. The molecule has 240 valence electrons. The van der Waals surface area contributed by atoms with Gasteiger partial charge in [0.1, 0.15) is 11.5 Å². The van der Waals surface area contributed by atoms with Gasteiger partial charge in [-0.25, -0.2) is 14.4 Å². The molecule has 9 heteroatoms. The minimum Gasteiger partial charge on any atom is -0.494 e. The maximum Gasteiger partial charge on any atom is 0.343 e. The highest BCUT2D eigenvalue weighted by Gasteiger charge is 2.10. The summed E-state index contributed by atoms with van der Waals surface area (Å²) in [6.07, 6.45) is 6.49. The minimum absolute atomic E-state index is 0.369. The van der Waals surface area contributed by atoms with Crippen LogP contribution in [0.3, 0.4) is 0 Å². The smallest absolute Gasteiger partial charge is 0.343 e. The molecular formula is C38H36N2O7. The Hall–Kier alpha value is -5.83. The fourth-order valence-electron chi connectivity index (χ4n) is 4.19. The van der Waals surface area contributed by atoms with E-state index in [0.717, 1.165) is 42.6 Å². The summed E-state index contributed by atoms with van der Waals surface area (Å²) in [5.74, 6) is -0.219. The van der Waals surface area contributed by atoms with Gasteiger partial charge in [-0.3, -0.25) is 0 Å². The SMILES string of the molecule is C=C(C(=O)OCCCCCCOc1ccc(N=Nc2ccc(C(=O)Oc3ccc(/C=C/C(=O)OC)cc3)cc2)cc1)c1ccccc1. The van der Waals surface area contributed by atoms with Crippen LogP contribution in [-0.2, 0) is 19.1 Å². The van der Waals surface area contributed by atoms with Gasteiger partial charge in [-0.15, -0.1) is 0 Å². The molecule has 47 heavy (non-hydrogen) atoms. The number of carbonyl (C=O) groups is 3. The molecule has 4 aromatic rings. The minimum atomic E-state index is -0.506. The molecule has 9 nitrogen and oxygen atoms in total. The number of benzene rings is 4. The van der Waals surface area contributed by atoms with Crippen LogP contribution in [0.15, 0.2) is 126 Å². The molecule has 0 aliphatic rings. The molecule has 0 spiro atoms. The molecule has 0 amide bonds. The standard InChI is InChI=1S/C38H36N2O7/c1-28(30-10-6-5-7-11-30)37(42)46-27-9-4-3-8-26-45-34-23-19-33(20-24-34)40-39-32-17-15-31(16-18-32)38(43)47-35-21-12-29(13-22-35)14-25-36(41)44-2/h5-7,10-25H,1,3-4,8-9,26-27H2,2H3/b25-14+,40-39?. The lowest BCUT2D eigenvalue weighted by molar-refractivity contribution is -0.137. The monoisotopic (exact) mass is 632 g/mol. The number of unbranched alkanes of at least 4 members (excludes halogenated alkanes) is 3. The van der Waals surface area contributed by atoms with Crippen molar-refractivity contribution >= 4 is 40.9 Å².